The summed E-state index contributed by atoms with van der Waals surface area (Å²) in [5, 5.41) is 0. The first-order chi connectivity index (χ1) is 4.72. The van der Waals surface area contributed by atoms with E-state index >= 15 is 0 Å². The molecule has 0 bridgehead atoms. The fraction of sp³-hybridized carbons (Fsp3) is 0.250. The second-order valence-corrected chi connectivity index (χ2v) is 2.36. The molecule has 0 unspecified atom stereocenters. The van der Waals surface area contributed by atoms with Crippen LogP contribution in [0.25, 0.3) is 0 Å². The number of anilines is 1. The molecule has 0 amide bonds. The van der Waals surface area contributed by atoms with Crippen LogP contribution in [0.3, 0.4) is 0 Å². The van der Waals surface area contributed by atoms with Gasteiger partial charge in [-0.1, -0.05) is 6.58 Å². The Balaban J connectivity index is 2.77. The van der Waals surface area contributed by atoms with Gasteiger partial charge in [-0.15, -0.1) is 0 Å². The van der Waals surface area contributed by atoms with Gasteiger partial charge < -0.3 is 9.88 Å². The average molecular weight is 136 g/mol. The Bertz CT molecular complexity index is 211. The fourth-order valence-corrected chi connectivity index (χ4v) is 0.744. The maximum Gasteiger partial charge on any atom is 0.0582 e. The summed E-state index contributed by atoms with van der Waals surface area (Å²) in [5.41, 5.74) is 2.19. The van der Waals surface area contributed by atoms with Crippen LogP contribution in [0.15, 0.2) is 30.7 Å². The highest BCUT2D eigenvalue weighted by Crippen LogP contribution is 2.13. The zero-order valence-corrected chi connectivity index (χ0v) is 6.39. The summed E-state index contributed by atoms with van der Waals surface area (Å²) in [6, 6.07) is 2.01. The molecule has 0 saturated heterocycles. The van der Waals surface area contributed by atoms with Crippen molar-refractivity contribution in [3.05, 3.63) is 30.7 Å². The molecule has 0 aliphatic heterocycles. The molecule has 1 heterocycles. The quantitative estimate of drug-likeness (QED) is 0.658. The molecule has 0 spiro atoms. The summed E-state index contributed by atoms with van der Waals surface area (Å²) in [5.74, 6) is 0. The lowest BCUT2D eigenvalue weighted by atomic mass is 10.4. The van der Waals surface area contributed by atoms with Crippen LogP contribution in [0.5, 0.6) is 0 Å². The van der Waals surface area contributed by atoms with Gasteiger partial charge in [0.25, 0.3) is 0 Å². The van der Waals surface area contributed by atoms with Crippen molar-refractivity contribution in [2.24, 2.45) is 0 Å². The average Bonchev–Trinajstić information content (AvgIpc) is 2.36. The van der Waals surface area contributed by atoms with Crippen LogP contribution in [0.2, 0.25) is 0 Å². The van der Waals surface area contributed by atoms with Crippen molar-refractivity contribution in [3.8, 4) is 0 Å². The van der Waals surface area contributed by atoms with Crippen LogP contribution in [0.4, 0.5) is 5.69 Å². The number of nitrogens with one attached hydrogen (secondary N) is 1. The molecule has 1 aromatic rings. The highest BCUT2D eigenvalue weighted by molar-refractivity contribution is 5.48. The van der Waals surface area contributed by atoms with Crippen molar-refractivity contribution in [1.82, 2.24) is 4.98 Å². The monoisotopic (exact) mass is 136 g/mol. The first kappa shape index (κ1) is 6.93. The second kappa shape index (κ2) is 2.60. The molecule has 0 atom stereocenters. The lowest BCUT2D eigenvalue weighted by Crippen LogP contribution is -2.11. The molecule has 0 saturated carbocycles. The highest BCUT2D eigenvalue weighted by atomic mass is 15.1. The normalized spacial score (nSPS) is 9.40. The smallest absolute Gasteiger partial charge is 0.0582 e. The Morgan fingerprint density at radius 1 is 1.70 bits per heavy atom. The van der Waals surface area contributed by atoms with Gasteiger partial charge in [0.2, 0.25) is 0 Å². The van der Waals surface area contributed by atoms with Crippen LogP contribution in [0.1, 0.15) is 6.92 Å². The molecule has 0 aliphatic rings. The van der Waals surface area contributed by atoms with E-state index in [2.05, 4.69) is 11.6 Å². The molecule has 0 aromatic carbocycles. The van der Waals surface area contributed by atoms with Crippen LogP contribution in [-0.2, 0) is 0 Å². The Morgan fingerprint density at radius 2 is 2.40 bits per heavy atom. The van der Waals surface area contributed by atoms with Gasteiger partial charge in [0.1, 0.15) is 0 Å². The number of H-pyrrole nitrogens is 1. The number of rotatable bonds is 2. The number of hydrogen-bond acceptors (Lipinski definition) is 1. The van der Waals surface area contributed by atoms with Crippen LogP contribution in [0, 0.1) is 0 Å². The summed E-state index contributed by atoms with van der Waals surface area (Å²) in [7, 11) is 1.99. The van der Waals surface area contributed by atoms with Crippen LogP contribution < -0.4 is 4.90 Å². The van der Waals surface area contributed by atoms with Gasteiger partial charge in [0.05, 0.1) is 5.69 Å². The fourth-order valence-electron chi connectivity index (χ4n) is 0.744. The molecule has 0 fully saturated rings. The van der Waals surface area contributed by atoms with Gasteiger partial charge in [-0.25, -0.2) is 0 Å². The predicted molar refractivity (Wildman–Crippen MR) is 44.0 cm³/mol. The van der Waals surface area contributed by atoms with Crippen molar-refractivity contribution in [1.29, 1.82) is 0 Å². The third-order valence-electron chi connectivity index (χ3n) is 1.54. The van der Waals surface area contributed by atoms with Gasteiger partial charge in [-0.3, -0.25) is 0 Å². The lowest BCUT2D eigenvalue weighted by molar-refractivity contribution is 1.10. The SMILES string of the molecule is C=C(C)N(C)c1cc[nH]c1. The van der Waals surface area contributed by atoms with Gasteiger partial charge >= 0.3 is 0 Å². The number of nitrogens with zero attached hydrogens (tertiary/aromatic N) is 1. The van der Waals surface area contributed by atoms with Crippen molar-refractivity contribution in [3.63, 3.8) is 0 Å². The van der Waals surface area contributed by atoms with Crippen LogP contribution >= 0.6 is 0 Å². The molecule has 0 radical (unpaired) electrons. The molecular formula is C8H12N2. The van der Waals surface area contributed by atoms with Crippen molar-refractivity contribution >= 4 is 5.69 Å². The molecule has 0 aliphatic carbocycles. The van der Waals surface area contributed by atoms with Gasteiger partial charge in [0.15, 0.2) is 0 Å². The van der Waals surface area contributed by atoms with Crippen LogP contribution in [-0.4, -0.2) is 12.0 Å². The van der Waals surface area contributed by atoms with Crippen molar-refractivity contribution < 1.29 is 0 Å². The van der Waals surface area contributed by atoms with E-state index < -0.39 is 0 Å². The zero-order chi connectivity index (χ0) is 7.56. The lowest BCUT2D eigenvalue weighted by Gasteiger charge is -2.15. The molecule has 2 heteroatoms. The summed E-state index contributed by atoms with van der Waals surface area (Å²) >= 11 is 0. The van der Waals surface area contributed by atoms with E-state index in [1.165, 1.54) is 0 Å². The van der Waals surface area contributed by atoms with E-state index in [4.69, 9.17) is 0 Å². The molecular weight excluding hydrogens is 124 g/mol. The topological polar surface area (TPSA) is 19.0 Å². The highest BCUT2D eigenvalue weighted by Gasteiger charge is 1.98. The Labute approximate surface area is 61.2 Å². The third-order valence-corrected chi connectivity index (χ3v) is 1.54. The Morgan fingerprint density at radius 3 is 2.80 bits per heavy atom. The van der Waals surface area contributed by atoms with E-state index in [0.29, 0.717) is 0 Å². The minimum Gasteiger partial charge on any atom is -0.366 e. The molecule has 2 nitrogen and oxygen atoms in total. The van der Waals surface area contributed by atoms with Gasteiger partial charge in [0, 0.05) is 25.1 Å². The maximum atomic E-state index is 3.82. The molecule has 1 rings (SSSR count). The minimum atomic E-state index is 1.04. The number of allylic oxidation sites excluding steroid dienone is 1. The maximum absolute atomic E-state index is 3.82. The number of hydrogen-bond donors (Lipinski definition) is 1. The molecule has 10 heavy (non-hydrogen) atoms. The van der Waals surface area contributed by atoms with E-state index in [-0.39, 0.29) is 0 Å². The summed E-state index contributed by atoms with van der Waals surface area (Å²) in [4.78, 5) is 5.01. The number of aromatic amines is 1. The van der Waals surface area contributed by atoms with E-state index in [1.54, 1.807) is 0 Å². The van der Waals surface area contributed by atoms with E-state index in [9.17, 15) is 0 Å². The molecule has 1 N–H and O–H groups in total. The largest absolute Gasteiger partial charge is 0.366 e. The molecule has 1 aromatic heterocycles. The standard InChI is InChI=1S/C8H12N2/c1-7(2)10(3)8-4-5-9-6-8/h4-6,9H,1H2,2-3H3. The summed E-state index contributed by atoms with van der Waals surface area (Å²) in [6.07, 6.45) is 3.84. The predicted octanol–water partition coefficient (Wildman–Crippen LogP) is 1.98. The first-order valence-corrected chi connectivity index (χ1v) is 3.24. The van der Waals surface area contributed by atoms with E-state index in [0.717, 1.165) is 11.4 Å². The minimum absolute atomic E-state index is 1.04. The third kappa shape index (κ3) is 1.21. The van der Waals surface area contributed by atoms with Gasteiger partial charge in [-0.05, 0) is 13.0 Å². The van der Waals surface area contributed by atoms with Crippen molar-refractivity contribution in [2.75, 3.05) is 11.9 Å². The van der Waals surface area contributed by atoms with Gasteiger partial charge in [-0.2, -0.15) is 0 Å². The van der Waals surface area contributed by atoms with E-state index in [1.807, 2.05) is 37.3 Å². The Hall–Kier alpha value is -1.18. The molecule has 54 valence electrons. The number of aromatic nitrogens is 1. The summed E-state index contributed by atoms with van der Waals surface area (Å²) < 4.78 is 0. The first-order valence-electron chi connectivity index (χ1n) is 3.24. The second-order valence-electron chi connectivity index (χ2n) is 2.36. The Kier molecular flexibility index (Phi) is 1.81. The van der Waals surface area contributed by atoms with Crippen molar-refractivity contribution in [2.45, 2.75) is 6.92 Å². The zero-order valence-electron chi connectivity index (χ0n) is 6.39. The summed E-state index contributed by atoms with van der Waals surface area (Å²) in [6.45, 7) is 5.80.